The van der Waals surface area contributed by atoms with Crippen LogP contribution in [0.4, 0.5) is 0 Å². The molecule has 1 aliphatic heterocycles. The summed E-state index contributed by atoms with van der Waals surface area (Å²) in [6.45, 7) is 6.67. The molecule has 1 aromatic heterocycles. The van der Waals surface area contributed by atoms with E-state index in [-0.39, 0.29) is 22.9 Å². The Bertz CT molecular complexity index is 1170. The number of carbonyl (C=O) groups is 3. The minimum atomic E-state index is -0.702. The first-order chi connectivity index (χ1) is 16.3. The number of hydrogen-bond acceptors (Lipinski definition) is 5. The van der Waals surface area contributed by atoms with Crippen LogP contribution >= 0.6 is 0 Å². The van der Waals surface area contributed by atoms with Gasteiger partial charge in [0.25, 0.3) is 5.91 Å². The number of ether oxygens (including phenoxy) is 1. The lowest BCUT2D eigenvalue weighted by Crippen LogP contribution is -2.48. The van der Waals surface area contributed by atoms with Crippen LogP contribution in [0.3, 0.4) is 0 Å². The molecule has 0 atom stereocenters. The smallest absolute Gasteiger partial charge is 0.276 e. The molecule has 176 valence electrons. The van der Waals surface area contributed by atoms with Gasteiger partial charge in [0.2, 0.25) is 0 Å². The number of pyridine rings is 1. The standard InChI is InChI=1S/C28H30N2O4/c1-5-7-20-14-18(2)24(19(3)15-20)25-21(31)16-28(17-22(25)32)9-12-30(13-10-28)27(33)26-23(34-4)8-6-11-29-26/h6,8,11,14-15,25H,9-10,12-13,16-17H2,1-4H3. The van der Waals surface area contributed by atoms with Crippen LogP contribution in [0.1, 0.15) is 71.3 Å². The first-order valence-electron chi connectivity index (χ1n) is 11.7. The van der Waals surface area contributed by atoms with Gasteiger partial charge in [-0.25, -0.2) is 4.98 Å². The number of benzene rings is 1. The van der Waals surface area contributed by atoms with Crippen LogP contribution in [0.25, 0.3) is 0 Å². The molecule has 0 N–H and O–H groups in total. The zero-order valence-electron chi connectivity index (χ0n) is 20.2. The Morgan fingerprint density at radius 2 is 1.74 bits per heavy atom. The van der Waals surface area contributed by atoms with E-state index in [1.54, 1.807) is 30.2 Å². The number of carbonyl (C=O) groups excluding carboxylic acids is 3. The van der Waals surface area contributed by atoms with Crippen molar-refractivity contribution in [1.82, 2.24) is 9.88 Å². The van der Waals surface area contributed by atoms with E-state index in [0.29, 0.717) is 50.2 Å². The highest BCUT2D eigenvalue weighted by Gasteiger charge is 2.48. The van der Waals surface area contributed by atoms with Gasteiger partial charge in [-0.3, -0.25) is 14.4 Å². The predicted octanol–water partition coefficient (Wildman–Crippen LogP) is 4.02. The fraction of sp³-hybridized carbons (Fsp3) is 0.429. The third-order valence-electron chi connectivity index (χ3n) is 7.20. The number of rotatable bonds is 3. The normalized spacial score (nSPS) is 17.9. The molecule has 6 heteroatoms. The molecule has 2 aliphatic rings. The molecule has 4 rings (SSSR count). The summed E-state index contributed by atoms with van der Waals surface area (Å²) in [6, 6.07) is 7.36. The number of aryl methyl sites for hydroxylation is 2. The van der Waals surface area contributed by atoms with E-state index >= 15 is 0 Å². The maximum Gasteiger partial charge on any atom is 0.276 e. The van der Waals surface area contributed by atoms with Crippen molar-refractivity contribution >= 4 is 17.5 Å². The van der Waals surface area contributed by atoms with Gasteiger partial charge in [-0.15, -0.1) is 5.92 Å². The van der Waals surface area contributed by atoms with Gasteiger partial charge in [-0.2, -0.15) is 0 Å². The summed E-state index contributed by atoms with van der Waals surface area (Å²) >= 11 is 0. The molecule has 1 aromatic carbocycles. The highest BCUT2D eigenvalue weighted by molar-refractivity contribution is 6.10. The van der Waals surface area contributed by atoms with E-state index in [4.69, 9.17) is 4.74 Å². The Morgan fingerprint density at radius 3 is 2.29 bits per heavy atom. The zero-order chi connectivity index (χ0) is 24.5. The van der Waals surface area contributed by atoms with Crippen molar-refractivity contribution < 1.29 is 19.1 Å². The second-order valence-corrected chi connectivity index (χ2v) is 9.46. The van der Waals surface area contributed by atoms with E-state index in [1.807, 2.05) is 26.0 Å². The molecule has 1 aliphatic carbocycles. The molecule has 0 unspecified atom stereocenters. The third kappa shape index (κ3) is 4.35. The molecule has 2 aromatic rings. The third-order valence-corrected chi connectivity index (χ3v) is 7.20. The summed E-state index contributed by atoms with van der Waals surface area (Å²) in [4.78, 5) is 45.7. The van der Waals surface area contributed by atoms with Crippen molar-refractivity contribution in [3.63, 3.8) is 0 Å². The molecule has 1 spiro atoms. The van der Waals surface area contributed by atoms with E-state index in [9.17, 15) is 14.4 Å². The molecule has 1 saturated carbocycles. The van der Waals surface area contributed by atoms with E-state index in [1.165, 1.54) is 7.11 Å². The van der Waals surface area contributed by atoms with Crippen molar-refractivity contribution in [3.8, 4) is 17.6 Å². The summed E-state index contributed by atoms with van der Waals surface area (Å²) in [6.07, 6.45) is 3.56. The fourth-order valence-electron chi connectivity index (χ4n) is 5.56. The molecule has 2 fully saturated rings. The van der Waals surface area contributed by atoms with E-state index < -0.39 is 5.92 Å². The minimum absolute atomic E-state index is 0.0112. The Kier molecular flexibility index (Phi) is 6.56. The Labute approximate surface area is 200 Å². The zero-order valence-corrected chi connectivity index (χ0v) is 20.2. The average molecular weight is 459 g/mol. The summed E-state index contributed by atoms with van der Waals surface area (Å²) in [5, 5.41) is 0. The predicted molar refractivity (Wildman–Crippen MR) is 129 cm³/mol. The van der Waals surface area contributed by atoms with Crippen LogP contribution in [-0.4, -0.2) is 47.6 Å². The molecule has 6 nitrogen and oxygen atoms in total. The molecule has 1 saturated heterocycles. The lowest BCUT2D eigenvalue weighted by Gasteiger charge is -2.44. The average Bonchev–Trinajstić information content (AvgIpc) is 2.80. The highest BCUT2D eigenvalue weighted by atomic mass is 16.5. The quantitative estimate of drug-likeness (QED) is 0.513. The number of likely N-dealkylation sites (tertiary alicyclic amines) is 1. The van der Waals surface area contributed by atoms with Crippen molar-refractivity contribution in [1.29, 1.82) is 0 Å². The lowest BCUT2D eigenvalue weighted by molar-refractivity contribution is -0.138. The second kappa shape index (κ2) is 9.42. The number of hydrogen-bond donors (Lipinski definition) is 0. The van der Waals surface area contributed by atoms with Crippen molar-refractivity contribution in [3.05, 3.63) is 58.4 Å². The number of aromatic nitrogens is 1. The van der Waals surface area contributed by atoms with Crippen molar-refractivity contribution in [2.24, 2.45) is 5.41 Å². The number of Topliss-reactive ketones (excluding diaryl/α,β-unsaturated/α-hetero) is 2. The summed E-state index contributed by atoms with van der Waals surface area (Å²) in [7, 11) is 1.52. The fourth-order valence-corrected chi connectivity index (χ4v) is 5.56. The van der Waals surface area contributed by atoms with Crippen LogP contribution in [0, 0.1) is 31.1 Å². The van der Waals surface area contributed by atoms with Crippen LogP contribution in [-0.2, 0) is 9.59 Å². The van der Waals surface area contributed by atoms with Crippen LogP contribution in [0.15, 0.2) is 30.5 Å². The molecule has 0 radical (unpaired) electrons. The lowest BCUT2D eigenvalue weighted by atomic mass is 9.62. The van der Waals surface area contributed by atoms with Gasteiger partial charge in [0.05, 0.1) is 7.11 Å². The number of nitrogens with zero attached hydrogens (tertiary/aromatic N) is 2. The number of ketones is 2. The topological polar surface area (TPSA) is 76.6 Å². The number of piperidine rings is 1. The maximum absolute atomic E-state index is 13.4. The van der Waals surface area contributed by atoms with Gasteiger partial charge < -0.3 is 9.64 Å². The van der Waals surface area contributed by atoms with Crippen LogP contribution in [0.5, 0.6) is 5.75 Å². The minimum Gasteiger partial charge on any atom is -0.494 e. The summed E-state index contributed by atoms with van der Waals surface area (Å²) in [5.74, 6) is 5.50. The largest absolute Gasteiger partial charge is 0.494 e. The first-order valence-corrected chi connectivity index (χ1v) is 11.7. The van der Waals surface area contributed by atoms with Crippen LogP contribution in [0.2, 0.25) is 0 Å². The van der Waals surface area contributed by atoms with Gasteiger partial charge in [0.1, 0.15) is 23.2 Å². The maximum atomic E-state index is 13.4. The number of methoxy groups -OCH3 is 1. The van der Waals surface area contributed by atoms with Gasteiger partial charge in [0, 0.05) is 37.7 Å². The highest BCUT2D eigenvalue weighted by Crippen LogP contribution is 2.46. The first kappa shape index (κ1) is 23.7. The molecular formula is C28H30N2O4. The van der Waals surface area contributed by atoms with Crippen molar-refractivity contribution in [2.45, 2.75) is 52.4 Å². The molecule has 34 heavy (non-hydrogen) atoms. The van der Waals surface area contributed by atoms with Gasteiger partial charge in [0.15, 0.2) is 5.69 Å². The Hall–Kier alpha value is -3.46. The van der Waals surface area contributed by atoms with Gasteiger partial charge in [-0.1, -0.05) is 5.92 Å². The summed E-state index contributed by atoms with van der Waals surface area (Å²) in [5.41, 5.74) is 3.52. The molecule has 2 heterocycles. The van der Waals surface area contributed by atoms with E-state index in [2.05, 4.69) is 16.8 Å². The molecule has 1 amide bonds. The SMILES string of the molecule is CC#Cc1cc(C)c(C2C(=O)CC3(CCN(C(=O)c4ncccc4OC)CC3)CC2=O)c(C)c1. The Morgan fingerprint density at radius 1 is 1.12 bits per heavy atom. The molecular weight excluding hydrogens is 428 g/mol. The molecule has 0 bridgehead atoms. The summed E-state index contributed by atoms with van der Waals surface area (Å²) < 4.78 is 5.28. The van der Waals surface area contributed by atoms with Crippen molar-refractivity contribution in [2.75, 3.05) is 20.2 Å². The number of amides is 1. The van der Waals surface area contributed by atoms with Gasteiger partial charge in [-0.05, 0) is 80.0 Å². The van der Waals surface area contributed by atoms with Crippen LogP contribution < -0.4 is 4.74 Å². The Balaban J connectivity index is 1.49. The van der Waals surface area contributed by atoms with Gasteiger partial charge >= 0.3 is 0 Å². The second-order valence-electron chi connectivity index (χ2n) is 9.46. The van der Waals surface area contributed by atoms with E-state index in [0.717, 1.165) is 22.3 Å². The monoisotopic (exact) mass is 458 g/mol.